The molecule has 1 N–H and O–H groups in total. The smallest absolute Gasteiger partial charge is 0.313 e. The molecular formula is C14H25NO4. The van der Waals surface area contributed by atoms with E-state index in [1.165, 1.54) is 7.11 Å². The number of piperidine rings is 1. The van der Waals surface area contributed by atoms with Crippen LogP contribution in [0.4, 0.5) is 0 Å². The number of amides is 1. The van der Waals surface area contributed by atoms with Gasteiger partial charge in [0.1, 0.15) is 5.41 Å². The summed E-state index contributed by atoms with van der Waals surface area (Å²) in [5, 5.41) is 9.44. The molecule has 1 aliphatic heterocycles. The monoisotopic (exact) mass is 271 g/mol. The molecule has 2 atom stereocenters. The Hall–Kier alpha value is -1.10. The minimum Gasteiger partial charge on any atom is -0.481 e. The Morgan fingerprint density at radius 1 is 1.47 bits per heavy atom. The minimum atomic E-state index is -0.936. The van der Waals surface area contributed by atoms with Crippen molar-refractivity contribution in [3.05, 3.63) is 0 Å². The number of hydrogen-bond donors (Lipinski definition) is 1. The van der Waals surface area contributed by atoms with Crippen molar-refractivity contribution < 1.29 is 19.4 Å². The lowest BCUT2D eigenvalue weighted by Crippen LogP contribution is -2.53. The van der Waals surface area contributed by atoms with E-state index in [4.69, 9.17) is 4.74 Å². The molecule has 1 rings (SSSR count). The van der Waals surface area contributed by atoms with E-state index in [-0.39, 0.29) is 25.0 Å². The third kappa shape index (κ3) is 3.69. The van der Waals surface area contributed by atoms with Crippen LogP contribution in [-0.2, 0) is 14.3 Å². The van der Waals surface area contributed by atoms with Crippen LogP contribution in [0.25, 0.3) is 0 Å². The standard InChI is InChI=1S/C14H25NO4/c1-4-6-11(2)12(16)15-8-5-7-14(9-15,10-19-3)13(17)18/h11H,4-10H2,1-3H3,(H,17,18). The average molecular weight is 271 g/mol. The van der Waals surface area contributed by atoms with E-state index < -0.39 is 11.4 Å². The van der Waals surface area contributed by atoms with Crippen LogP contribution in [0.3, 0.4) is 0 Å². The van der Waals surface area contributed by atoms with Gasteiger partial charge >= 0.3 is 5.97 Å². The van der Waals surface area contributed by atoms with Crippen LogP contribution in [0.2, 0.25) is 0 Å². The fourth-order valence-electron chi connectivity index (χ4n) is 2.82. The maximum atomic E-state index is 12.3. The first-order valence-electron chi connectivity index (χ1n) is 6.98. The fourth-order valence-corrected chi connectivity index (χ4v) is 2.82. The maximum Gasteiger partial charge on any atom is 0.313 e. The summed E-state index contributed by atoms with van der Waals surface area (Å²) in [5.74, 6) is -0.824. The van der Waals surface area contributed by atoms with Crippen molar-refractivity contribution in [2.75, 3.05) is 26.8 Å². The molecule has 0 radical (unpaired) electrons. The molecule has 1 amide bonds. The van der Waals surface area contributed by atoms with Crippen LogP contribution in [0.15, 0.2) is 0 Å². The number of carbonyl (C=O) groups excluding carboxylic acids is 1. The summed E-state index contributed by atoms with van der Waals surface area (Å²) in [5.41, 5.74) is -0.936. The van der Waals surface area contributed by atoms with Gasteiger partial charge in [-0.2, -0.15) is 0 Å². The number of likely N-dealkylation sites (tertiary alicyclic amines) is 1. The minimum absolute atomic E-state index is 0.0304. The summed E-state index contributed by atoms with van der Waals surface area (Å²) in [7, 11) is 1.51. The molecule has 0 saturated carbocycles. The first-order valence-corrected chi connectivity index (χ1v) is 6.98. The van der Waals surface area contributed by atoms with Crippen LogP contribution in [0, 0.1) is 11.3 Å². The number of carboxylic acid groups (broad SMARTS) is 1. The van der Waals surface area contributed by atoms with Crippen LogP contribution < -0.4 is 0 Å². The zero-order valence-electron chi connectivity index (χ0n) is 12.1. The normalized spacial score (nSPS) is 25.1. The summed E-state index contributed by atoms with van der Waals surface area (Å²) in [4.78, 5) is 25.5. The second-order valence-corrected chi connectivity index (χ2v) is 5.57. The quantitative estimate of drug-likeness (QED) is 0.799. The van der Waals surface area contributed by atoms with Crippen molar-refractivity contribution in [2.45, 2.75) is 39.5 Å². The molecule has 110 valence electrons. The highest BCUT2D eigenvalue weighted by atomic mass is 16.5. The molecule has 0 spiro atoms. The summed E-state index contributed by atoms with van der Waals surface area (Å²) >= 11 is 0. The Labute approximate surface area is 114 Å². The molecule has 0 aromatic rings. The van der Waals surface area contributed by atoms with Gasteiger partial charge < -0.3 is 14.7 Å². The molecule has 19 heavy (non-hydrogen) atoms. The number of nitrogens with zero attached hydrogens (tertiary/aromatic N) is 1. The van der Waals surface area contributed by atoms with Crippen LogP contribution in [-0.4, -0.2) is 48.7 Å². The van der Waals surface area contributed by atoms with Crippen LogP contribution in [0.5, 0.6) is 0 Å². The topological polar surface area (TPSA) is 66.8 Å². The van der Waals surface area contributed by atoms with E-state index in [2.05, 4.69) is 0 Å². The molecule has 1 aliphatic rings. The van der Waals surface area contributed by atoms with E-state index >= 15 is 0 Å². The van der Waals surface area contributed by atoms with Gasteiger partial charge in [-0.05, 0) is 19.3 Å². The Morgan fingerprint density at radius 2 is 2.16 bits per heavy atom. The van der Waals surface area contributed by atoms with E-state index in [1.54, 1.807) is 4.90 Å². The summed E-state index contributed by atoms with van der Waals surface area (Å²) in [6.07, 6.45) is 3.10. The molecule has 0 aliphatic carbocycles. The highest BCUT2D eigenvalue weighted by Crippen LogP contribution is 2.31. The highest BCUT2D eigenvalue weighted by molar-refractivity contribution is 5.81. The number of carboxylic acids is 1. The van der Waals surface area contributed by atoms with Gasteiger partial charge in [0.25, 0.3) is 0 Å². The van der Waals surface area contributed by atoms with Crippen LogP contribution >= 0.6 is 0 Å². The van der Waals surface area contributed by atoms with Crippen molar-refractivity contribution in [3.8, 4) is 0 Å². The van der Waals surface area contributed by atoms with E-state index in [1.807, 2.05) is 13.8 Å². The lowest BCUT2D eigenvalue weighted by atomic mass is 9.80. The number of aliphatic carboxylic acids is 1. The zero-order valence-corrected chi connectivity index (χ0v) is 12.1. The van der Waals surface area contributed by atoms with Gasteiger partial charge in [-0.1, -0.05) is 20.3 Å². The molecule has 0 bridgehead atoms. The zero-order chi connectivity index (χ0) is 14.5. The lowest BCUT2D eigenvalue weighted by molar-refractivity contribution is -0.159. The molecule has 5 nitrogen and oxygen atoms in total. The third-order valence-electron chi connectivity index (χ3n) is 3.91. The van der Waals surface area contributed by atoms with Crippen molar-refractivity contribution >= 4 is 11.9 Å². The molecule has 5 heteroatoms. The average Bonchev–Trinajstić information content (AvgIpc) is 2.38. The third-order valence-corrected chi connectivity index (χ3v) is 3.91. The van der Waals surface area contributed by atoms with Gasteiger partial charge in [0.15, 0.2) is 0 Å². The second-order valence-electron chi connectivity index (χ2n) is 5.57. The van der Waals surface area contributed by atoms with Crippen molar-refractivity contribution in [2.24, 2.45) is 11.3 Å². The predicted octanol–water partition coefficient (Wildman–Crippen LogP) is 1.76. The van der Waals surface area contributed by atoms with Gasteiger partial charge in [0, 0.05) is 26.1 Å². The number of ether oxygens (including phenoxy) is 1. The molecule has 0 aromatic carbocycles. The number of methoxy groups -OCH3 is 1. The van der Waals surface area contributed by atoms with Gasteiger partial charge in [-0.3, -0.25) is 9.59 Å². The fraction of sp³-hybridized carbons (Fsp3) is 0.857. The van der Waals surface area contributed by atoms with E-state index in [9.17, 15) is 14.7 Å². The summed E-state index contributed by atoms with van der Waals surface area (Å²) in [6.45, 7) is 5.05. The van der Waals surface area contributed by atoms with Gasteiger partial charge in [-0.25, -0.2) is 0 Å². The Kier molecular flexibility index (Phi) is 5.79. The van der Waals surface area contributed by atoms with E-state index in [0.29, 0.717) is 13.0 Å². The molecule has 1 fully saturated rings. The number of carbonyl (C=O) groups is 2. The molecular weight excluding hydrogens is 246 g/mol. The summed E-state index contributed by atoms with van der Waals surface area (Å²) < 4.78 is 5.06. The summed E-state index contributed by atoms with van der Waals surface area (Å²) in [6, 6.07) is 0. The molecule has 1 saturated heterocycles. The van der Waals surface area contributed by atoms with Crippen molar-refractivity contribution in [1.82, 2.24) is 4.90 Å². The lowest BCUT2D eigenvalue weighted by Gasteiger charge is -2.40. The number of rotatable bonds is 6. The molecule has 1 heterocycles. The van der Waals surface area contributed by atoms with Gasteiger partial charge in [-0.15, -0.1) is 0 Å². The SMILES string of the molecule is CCCC(C)C(=O)N1CCCC(COC)(C(=O)O)C1. The van der Waals surface area contributed by atoms with Crippen LogP contribution in [0.1, 0.15) is 39.5 Å². The second kappa shape index (κ2) is 6.89. The Balaban J connectivity index is 2.77. The molecule has 2 unspecified atom stereocenters. The maximum absolute atomic E-state index is 12.3. The van der Waals surface area contributed by atoms with Gasteiger partial charge in [0.05, 0.1) is 6.61 Å². The Morgan fingerprint density at radius 3 is 2.68 bits per heavy atom. The number of hydrogen-bond acceptors (Lipinski definition) is 3. The first-order chi connectivity index (χ1) is 8.96. The largest absolute Gasteiger partial charge is 0.481 e. The van der Waals surface area contributed by atoms with E-state index in [0.717, 1.165) is 19.3 Å². The first kappa shape index (κ1) is 16.0. The molecule has 0 aromatic heterocycles. The Bertz CT molecular complexity index is 327. The highest BCUT2D eigenvalue weighted by Gasteiger charge is 2.44. The van der Waals surface area contributed by atoms with Crippen molar-refractivity contribution in [1.29, 1.82) is 0 Å². The van der Waals surface area contributed by atoms with Crippen molar-refractivity contribution in [3.63, 3.8) is 0 Å². The van der Waals surface area contributed by atoms with Gasteiger partial charge in [0.2, 0.25) is 5.91 Å². The predicted molar refractivity (Wildman–Crippen MR) is 71.8 cm³/mol.